The Balaban J connectivity index is 1.08. The Hall–Kier alpha value is -1.18. The Morgan fingerprint density at radius 2 is 1.52 bits per heavy atom. The molecule has 0 aromatic carbocycles. The van der Waals surface area contributed by atoms with Crippen molar-refractivity contribution >= 4 is 11.8 Å². The zero-order valence-corrected chi connectivity index (χ0v) is 30.9. The lowest BCUT2D eigenvalue weighted by molar-refractivity contribution is -0.133. The number of hydrogen-bond acceptors (Lipinski definition) is 5. The van der Waals surface area contributed by atoms with Gasteiger partial charge in [0.2, 0.25) is 11.8 Å². The molecular formula is C39H71N5O2. The summed E-state index contributed by atoms with van der Waals surface area (Å²) in [4.78, 5) is 33.2. The molecule has 0 aromatic rings. The number of hydrogen-bond donors (Lipinski definition) is 2. The second-order valence-corrected chi connectivity index (χ2v) is 17.7. The minimum absolute atomic E-state index is 0.0436. The van der Waals surface area contributed by atoms with Gasteiger partial charge in [0, 0.05) is 32.1 Å². The Morgan fingerprint density at radius 3 is 2.22 bits per heavy atom. The van der Waals surface area contributed by atoms with E-state index >= 15 is 0 Å². The van der Waals surface area contributed by atoms with Gasteiger partial charge >= 0.3 is 0 Å². The highest BCUT2D eigenvalue weighted by atomic mass is 16.2. The normalized spacial score (nSPS) is 37.9. The molecule has 5 aliphatic rings. The van der Waals surface area contributed by atoms with Gasteiger partial charge in [0.25, 0.3) is 0 Å². The summed E-state index contributed by atoms with van der Waals surface area (Å²) in [6.07, 6.45) is 18.8. The third-order valence-electron chi connectivity index (χ3n) is 14.3. The molecule has 10 atom stereocenters. The Kier molecular flexibility index (Phi) is 12.2. The second-order valence-electron chi connectivity index (χ2n) is 17.7. The lowest BCUT2D eigenvalue weighted by Crippen LogP contribution is -2.53. The van der Waals surface area contributed by atoms with Gasteiger partial charge in [-0.2, -0.15) is 0 Å². The first kappa shape index (κ1) is 36.1. The van der Waals surface area contributed by atoms with Crippen molar-refractivity contribution in [1.82, 2.24) is 25.3 Å². The molecular weight excluding hydrogens is 570 g/mol. The zero-order chi connectivity index (χ0) is 33.1. The molecule has 0 radical (unpaired) electrons. The van der Waals surface area contributed by atoms with Gasteiger partial charge in [-0.05, 0) is 165 Å². The van der Waals surface area contributed by atoms with E-state index < -0.39 is 0 Å². The van der Waals surface area contributed by atoms with Crippen LogP contribution >= 0.6 is 0 Å². The molecule has 1 aliphatic heterocycles. The SMILES string of the molecule is CC(CCC(=O)N[C@@H]1CN[C@H](C(=O)N(CCCN(C)C)CCCN(C)C)C1)[C@H]1CCC2C3CCC4CCCC[C@]4(C)C3CC[C@@]21C. The number of fused-ring (bicyclic) bond motifs is 5. The fourth-order valence-electron chi connectivity index (χ4n) is 11.9. The molecule has 0 aromatic heterocycles. The molecule has 2 amide bonds. The smallest absolute Gasteiger partial charge is 0.239 e. The van der Waals surface area contributed by atoms with Crippen molar-refractivity contribution < 1.29 is 9.59 Å². The lowest BCUT2D eigenvalue weighted by Gasteiger charge is -2.61. The van der Waals surface area contributed by atoms with Gasteiger partial charge in [0.15, 0.2) is 0 Å². The number of carbonyl (C=O) groups excluding carboxylic acids is 2. The van der Waals surface area contributed by atoms with Crippen LogP contribution in [0.4, 0.5) is 0 Å². The van der Waals surface area contributed by atoms with Crippen LogP contribution in [0.5, 0.6) is 0 Å². The van der Waals surface area contributed by atoms with Crippen molar-refractivity contribution in [3.05, 3.63) is 0 Å². The van der Waals surface area contributed by atoms with Crippen LogP contribution in [0.25, 0.3) is 0 Å². The number of rotatable bonds is 14. The van der Waals surface area contributed by atoms with E-state index in [0.717, 1.165) is 75.0 Å². The van der Waals surface area contributed by atoms with E-state index in [4.69, 9.17) is 0 Å². The van der Waals surface area contributed by atoms with Crippen molar-refractivity contribution in [3.8, 4) is 0 Å². The molecule has 5 unspecified atom stereocenters. The fraction of sp³-hybridized carbons (Fsp3) is 0.949. The van der Waals surface area contributed by atoms with Crippen LogP contribution in [-0.2, 0) is 9.59 Å². The molecule has 5 rings (SSSR count). The summed E-state index contributed by atoms with van der Waals surface area (Å²) in [5.41, 5.74) is 1.07. The predicted molar refractivity (Wildman–Crippen MR) is 189 cm³/mol. The van der Waals surface area contributed by atoms with E-state index in [0.29, 0.717) is 36.1 Å². The molecule has 0 spiro atoms. The van der Waals surface area contributed by atoms with E-state index in [-0.39, 0.29) is 23.9 Å². The molecule has 1 heterocycles. The monoisotopic (exact) mass is 642 g/mol. The first-order chi connectivity index (χ1) is 21.9. The van der Waals surface area contributed by atoms with Crippen LogP contribution in [0.1, 0.15) is 117 Å². The molecule has 2 N–H and O–H groups in total. The number of nitrogens with zero attached hydrogens (tertiary/aromatic N) is 3. The standard InChI is InChI=1S/C39H71N5O2/c1-28(32-16-17-33-31-15-14-29-12-8-9-20-38(29,2)34(31)19-21-39(32,33)3)13-18-36(45)41-30-26-35(40-27-30)37(46)44(24-10-22-42(4)5)25-11-23-43(6)7/h28-35,40H,8-27H2,1-7H3,(H,41,45)/t28?,29?,30-,31?,32+,33?,34?,35-,38-,39+/m0/s1. The maximum atomic E-state index is 13.5. The highest BCUT2D eigenvalue weighted by Gasteiger charge is 2.60. The average molecular weight is 642 g/mol. The maximum absolute atomic E-state index is 13.5. The van der Waals surface area contributed by atoms with Crippen molar-refractivity contribution in [2.24, 2.45) is 46.3 Å². The van der Waals surface area contributed by atoms with E-state index in [9.17, 15) is 9.59 Å². The average Bonchev–Trinajstić information content (AvgIpc) is 3.62. The van der Waals surface area contributed by atoms with Crippen LogP contribution in [0.2, 0.25) is 0 Å². The third-order valence-corrected chi connectivity index (χ3v) is 14.3. The van der Waals surface area contributed by atoms with Crippen LogP contribution in [0, 0.1) is 46.3 Å². The summed E-state index contributed by atoms with van der Waals surface area (Å²) < 4.78 is 0. The molecule has 0 bridgehead atoms. The van der Waals surface area contributed by atoms with Crippen molar-refractivity contribution in [1.29, 1.82) is 0 Å². The van der Waals surface area contributed by atoms with Crippen LogP contribution in [-0.4, -0.2) is 99.5 Å². The van der Waals surface area contributed by atoms with Crippen molar-refractivity contribution in [2.45, 2.75) is 129 Å². The van der Waals surface area contributed by atoms with Gasteiger partial charge in [-0.15, -0.1) is 0 Å². The zero-order valence-electron chi connectivity index (χ0n) is 30.9. The summed E-state index contributed by atoms with van der Waals surface area (Å²) in [5.74, 6) is 5.52. The second kappa shape index (κ2) is 15.6. The van der Waals surface area contributed by atoms with Crippen LogP contribution in [0.15, 0.2) is 0 Å². The number of carbonyl (C=O) groups is 2. The van der Waals surface area contributed by atoms with Crippen LogP contribution < -0.4 is 10.6 Å². The highest BCUT2D eigenvalue weighted by Crippen LogP contribution is 2.68. The lowest BCUT2D eigenvalue weighted by atomic mass is 9.44. The van der Waals surface area contributed by atoms with Gasteiger partial charge < -0.3 is 25.3 Å². The van der Waals surface area contributed by atoms with E-state index in [2.05, 4.69) is 74.3 Å². The Labute approximate surface area is 282 Å². The van der Waals surface area contributed by atoms with Crippen molar-refractivity contribution in [2.75, 3.05) is 60.9 Å². The summed E-state index contributed by atoms with van der Waals surface area (Å²) >= 11 is 0. The number of amides is 2. The largest absolute Gasteiger partial charge is 0.352 e. The first-order valence-corrected chi connectivity index (χ1v) is 19.5. The molecule has 4 saturated carbocycles. The fourth-order valence-corrected chi connectivity index (χ4v) is 11.9. The first-order valence-electron chi connectivity index (χ1n) is 19.5. The molecule has 46 heavy (non-hydrogen) atoms. The van der Waals surface area contributed by atoms with E-state index in [1.165, 1.54) is 64.2 Å². The maximum Gasteiger partial charge on any atom is 0.239 e. The molecule has 7 heteroatoms. The topological polar surface area (TPSA) is 67.9 Å². The Morgan fingerprint density at radius 1 is 0.826 bits per heavy atom. The quantitative estimate of drug-likeness (QED) is 0.243. The molecule has 264 valence electrons. The van der Waals surface area contributed by atoms with E-state index in [1.54, 1.807) is 0 Å². The van der Waals surface area contributed by atoms with Crippen LogP contribution in [0.3, 0.4) is 0 Å². The third kappa shape index (κ3) is 7.99. The minimum atomic E-state index is -0.195. The predicted octanol–water partition coefficient (Wildman–Crippen LogP) is 6.03. The summed E-state index contributed by atoms with van der Waals surface area (Å²) in [6, 6.07) is -0.151. The van der Waals surface area contributed by atoms with Gasteiger partial charge in [-0.25, -0.2) is 0 Å². The summed E-state index contributed by atoms with van der Waals surface area (Å²) in [7, 11) is 8.34. The molecule has 4 aliphatic carbocycles. The summed E-state index contributed by atoms with van der Waals surface area (Å²) in [6.45, 7) is 12.0. The number of nitrogens with one attached hydrogen (secondary N) is 2. The molecule has 1 saturated heterocycles. The van der Waals surface area contributed by atoms with E-state index in [1.807, 2.05) is 0 Å². The molecule has 7 nitrogen and oxygen atoms in total. The molecule has 5 fully saturated rings. The minimum Gasteiger partial charge on any atom is -0.352 e. The highest BCUT2D eigenvalue weighted by molar-refractivity contribution is 5.83. The Bertz CT molecular complexity index is 1000. The summed E-state index contributed by atoms with van der Waals surface area (Å²) in [5, 5.41) is 6.77. The van der Waals surface area contributed by atoms with Gasteiger partial charge in [0.1, 0.15) is 0 Å². The van der Waals surface area contributed by atoms with Gasteiger partial charge in [-0.3, -0.25) is 9.59 Å². The van der Waals surface area contributed by atoms with Gasteiger partial charge in [0.05, 0.1) is 6.04 Å². The van der Waals surface area contributed by atoms with Crippen molar-refractivity contribution in [3.63, 3.8) is 0 Å². The van der Waals surface area contributed by atoms with Gasteiger partial charge in [-0.1, -0.05) is 33.6 Å².